The second-order valence-corrected chi connectivity index (χ2v) is 8.68. The maximum atomic E-state index is 12.5. The zero-order chi connectivity index (χ0) is 17.9. The second-order valence-electron chi connectivity index (χ2n) is 6.34. The van der Waals surface area contributed by atoms with Gasteiger partial charge in [-0.3, -0.25) is 9.36 Å². The van der Waals surface area contributed by atoms with Crippen LogP contribution in [-0.2, 0) is 11.3 Å². The molecule has 1 fully saturated rings. The van der Waals surface area contributed by atoms with Crippen LogP contribution in [0.4, 0.5) is 0 Å². The number of amides is 1. The van der Waals surface area contributed by atoms with Crippen molar-refractivity contribution in [3.05, 3.63) is 58.5 Å². The lowest BCUT2D eigenvalue weighted by atomic mass is 10.3. The molecule has 5 nitrogen and oxygen atoms in total. The molecule has 1 saturated carbocycles. The van der Waals surface area contributed by atoms with Crippen molar-refractivity contribution in [1.29, 1.82) is 0 Å². The van der Waals surface area contributed by atoms with Gasteiger partial charge in [0.2, 0.25) is 5.91 Å². The summed E-state index contributed by atoms with van der Waals surface area (Å²) in [6.07, 6.45) is 2.32. The van der Waals surface area contributed by atoms with E-state index in [1.54, 1.807) is 11.3 Å². The normalized spacial score (nSPS) is 15.0. The van der Waals surface area contributed by atoms with Crippen LogP contribution in [0.25, 0.3) is 5.69 Å². The Morgan fingerprint density at radius 3 is 2.77 bits per heavy atom. The first kappa shape index (κ1) is 17.3. The summed E-state index contributed by atoms with van der Waals surface area (Å²) in [5, 5.41) is 14.3. The van der Waals surface area contributed by atoms with Crippen LogP contribution in [0.15, 0.2) is 53.0 Å². The summed E-state index contributed by atoms with van der Waals surface area (Å²) < 4.78 is 2.10. The summed E-state index contributed by atoms with van der Waals surface area (Å²) in [5.41, 5.74) is 1.05. The maximum absolute atomic E-state index is 12.5. The highest BCUT2D eigenvalue weighted by Crippen LogP contribution is 2.41. The Morgan fingerprint density at radius 1 is 1.27 bits per heavy atom. The molecule has 2 aromatic heterocycles. The van der Waals surface area contributed by atoms with Crippen LogP contribution in [0.5, 0.6) is 0 Å². The smallest absolute Gasteiger partial charge is 0.233 e. The number of carbonyl (C=O) groups is 1. The maximum Gasteiger partial charge on any atom is 0.233 e. The Bertz CT molecular complexity index is 872. The molecule has 3 aromatic rings. The molecule has 4 rings (SSSR count). The molecule has 1 aromatic carbocycles. The first-order valence-electron chi connectivity index (χ1n) is 8.70. The van der Waals surface area contributed by atoms with E-state index in [0.717, 1.165) is 34.4 Å². The van der Waals surface area contributed by atoms with Crippen LogP contribution in [0, 0.1) is 0 Å². The van der Waals surface area contributed by atoms with Crippen molar-refractivity contribution in [2.24, 2.45) is 0 Å². The molecular formula is C19H20N4OS2. The van der Waals surface area contributed by atoms with Gasteiger partial charge >= 0.3 is 0 Å². The number of para-hydroxylation sites is 1. The number of aromatic nitrogens is 3. The first-order valence-corrected chi connectivity index (χ1v) is 10.5. The topological polar surface area (TPSA) is 59.8 Å². The number of thioether (sulfide) groups is 1. The molecule has 0 spiro atoms. The van der Waals surface area contributed by atoms with Crippen molar-refractivity contribution >= 4 is 29.0 Å². The lowest BCUT2D eigenvalue weighted by Gasteiger charge is -2.13. The van der Waals surface area contributed by atoms with Gasteiger partial charge in [0.05, 0.1) is 11.8 Å². The molecule has 0 unspecified atom stereocenters. The van der Waals surface area contributed by atoms with E-state index in [2.05, 4.69) is 32.2 Å². The van der Waals surface area contributed by atoms with Crippen LogP contribution >= 0.6 is 23.1 Å². The molecule has 1 aliphatic rings. The monoisotopic (exact) mass is 384 g/mol. The molecule has 0 aliphatic heterocycles. The van der Waals surface area contributed by atoms with Gasteiger partial charge in [0.25, 0.3) is 0 Å². The van der Waals surface area contributed by atoms with Gasteiger partial charge < -0.3 is 5.32 Å². The summed E-state index contributed by atoms with van der Waals surface area (Å²) in [5.74, 6) is 1.50. The Hall–Kier alpha value is -2.12. The zero-order valence-electron chi connectivity index (χ0n) is 14.5. The molecule has 0 bridgehead atoms. The summed E-state index contributed by atoms with van der Waals surface area (Å²) in [6.45, 7) is 2.48. The van der Waals surface area contributed by atoms with E-state index >= 15 is 0 Å². The van der Waals surface area contributed by atoms with Crippen molar-refractivity contribution in [3.8, 4) is 5.69 Å². The number of hydrogen-bond donors (Lipinski definition) is 1. The largest absolute Gasteiger partial charge is 0.350 e. The zero-order valence-corrected chi connectivity index (χ0v) is 16.1. The number of benzene rings is 1. The van der Waals surface area contributed by atoms with Gasteiger partial charge in [-0.25, -0.2) is 0 Å². The summed E-state index contributed by atoms with van der Waals surface area (Å²) >= 11 is 3.10. The third-order valence-corrected chi connectivity index (χ3v) is 6.20. The van der Waals surface area contributed by atoms with E-state index in [1.807, 2.05) is 42.6 Å². The number of nitrogens with one attached hydrogen (secondary N) is 1. The van der Waals surface area contributed by atoms with Gasteiger partial charge in [-0.15, -0.1) is 21.5 Å². The van der Waals surface area contributed by atoms with Crippen molar-refractivity contribution < 1.29 is 4.79 Å². The SMILES string of the molecule is C[C@H](Sc1nnc(C2CC2)n1-c1ccccc1)C(=O)NCc1cccs1. The predicted molar refractivity (Wildman–Crippen MR) is 105 cm³/mol. The quantitative estimate of drug-likeness (QED) is 0.626. The van der Waals surface area contributed by atoms with Gasteiger partial charge in [-0.1, -0.05) is 36.0 Å². The fourth-order valence-electron chi connectivity index (χ4n) is 2.73. The lowest BCUT2D eigenvalue weighted by Crippen LogP contribution is -2.30. The van der Waals surface area contributed by atoms with Gasteiger partial charge in [0, 0.05) is 16.5 Å². The predicted octanol–water partition coefficient (Wildman–Crippen LogP) is 4.00. The van der Waals surface area contributed by atoms with Crippen LogP contribution in [0.1, 0.15) is 36.4 Å². The molecular weight excluding hydrogens is 364 g/mol. The Balaban J connectivity index is 1.49. The van der Waals surface area contributed by atoms with Crippen molar-refractivity contribution in [2.45, 2.75) is 42.6 Å². The highest BCUT2D eigenvalue weighted by molar-refractivity contribution is 8.00. The van der Waals surface area contributed by atoms with E-state index in [-0.39, 0.29) is 11.2 Å². The first-order chi connectivity index (χ1) is 12.7. The minimum absolute atomic E-state index is 0.0129. The molecule has 0 radical (unpaired) electrons. The Labute approximate surface area is 160 Å². The molecule has 7 heteroatoms. The third kappa shape index (κ3) is 3.83. The number of rotatable bonds is 7. The number of thiophene rings is 1. The second kappa shape index (κ2) is 7.63. The summed E-state index contributed by atoms with van der Waals surface area (Å²) in [6, 6.07) is 14.2. The average molecular weight is 385 g/mol. The van der Waals surface area contributed by atoms with E-state index in [1.165, 1.54) is 11.8 Å². The molecule has 1 atom stereocenters. The van der Waals surface area contributed by atoms with Crippen LogP contribution < -0.4 is 5.32 Å². The lowest BCUT2D eigenvalue weighted by molar-refractivity contribution is -0.120. The highest BCUT2D eigenvalue weighted by Gasteiger charge is 2.31. The molecule has 0 saturated heterocycles. The molecule has 2 heterocycles. The van der Waals surface area contributed by atoms with Gasteiger partial charge in [0.15, 0.2) is 5.16 Å². The standard InChI is InChI=1S/C19H20N4OS2/c1-13(18(24)20-12-16-8-5-11-25-16)26-19-22-21-17(14-9-10-14)23(19)15-6-3-2-4-7-15/h2-8,11,13-14H,9-10,12H2,1H3,(H,20,24)/t13-/m0/s1. The van der Waals surface area contributed by atoms with Gasteiger partial charge in [-0.05, 0) is 43.3 Å². The van der Waals surface area contributed by atoms with E-state index < -0.39 is 0 Å². The number of nitrogens with zero attached hydrogens (tertiary/aromatic N) is 3. The number of carbonyl (C=O) groups excluding carboxylic acids is 1. The van der Waals surface area contributed by atoms with Crippen molar-refractivity contribution in [2.75, 3.05) is 0 Å². The summed E-state index contributed by atoms with van der Waals surface area (Å²) in [7, 11) is 0. The van der Waals surface area contributed by atoms with E-state index in [4.69, 9.17) is 0 Å². The summed E-state index contributed by atoms with van der Waals surface area (Å²) in [4.78, 5) is 13.6. The Kier molecular flexibility index (Phi) is 5.08. The fraction of sp³-hybridized carbons (Fsp3) is 0.316. The molecule has 134 valence electrons. The van der Waals surface area contributed by atoms with Crippen LogP contribution in [0.2, 0.25) is 0 Å². The van der Waals surface area contributed by atoms with Crippen molar-refractivity contribution in [1.82, 2.24) is 20.1 Å². The van der Waals surface area contributed by atoms with Gasteiger partial charge in [0.1, 0.15) is 5.82 Å². The molecule has 1 N–H and O–H groups in total. The van der Waals surface area contributed by atoms with Gasteiger partial charge in [-0.2, -0.15) is 0 Å². The Morgan fingerprint density at radius 2 is 2.08 bits per heavy atom. The average Bonchev–Trinajstić information content (AvgIpc) is 3.21. The minimum Gasteiger partial charge on any atom is -0.350 e. The van der Waals surface area contributed by atoms with Crippen LogP contribution in [-0.4, -0.2) is 25.9 Å². The van der Waals surface area contributed by atoms with E-state index in [9.17, 15) is 4.79 Å². The molecule has 1 aliphatic carbocycles. The van der Waals surface area contributed by atoms with E-state index in [0.29, 0.717) is 12.5 Å². The molecule has 26 heavy (non-hydrogen) atoms. The highest BCUT2D eigenvalue weighted by atomic mass is 32.2. The molecule has 1 amide bonds. The fourth-order valence-corrected chi connectivity index (χ4v) is 4.27. The van der Waals surface area contributed by atoms with Crippen LogP contribution in [0.3, 0.4) is 0 Å². The number of hydrogen-bond acceptors (Lipinski definition) is 5. The minimum atomic E-state index is -0.242. The van der Waals surface area contributed by atoms with Crippen molar-refractivity contribution in [3.63, 3.8) is 0 Å². The third-order valence-electron chi connectivity index (χ3n) is 4.28.